The summed E-state index contributed by atoms with van der Waals surface area (Å²) >= 11 is 5.77. The molecule has 0 aliphatic carbocycles. The molecule has 174 valence electrons. The van der Waals surface area contributed by atoms with Gasteiger partial charge >= 0.3 is 0 Å². The molecular formula is C27H27N3O3S. The summed E-state index contributed by atoms with van der Waals surface area (Å²) in [6.07, 6.45) is 0. The van der Waals surface area contributed by atoms with E-state index in [4.69, 9.17) is 21.7 Å². The van der Waals surface area contributed by atoms with Crippen molar-refractivity contribution in [2.24, 2.45) is 0 Å². The summed E-state index contributed by atoms with van der Waals surface area (Å²) < 4.78 is 10.5. The van der Waals surface area contributed by atoms with Gasteiger partial charge in [0.05, 0.1) is 26.3 Å². The molecule has 1 aromatic heterocycles. The van der Waals surface area contributed by atoms with Crippen molar-refractivity contribution in [1.29, 1.82) is 0 Å². The van der Waals surface area contributed by atoms with Crippen LogP contribution in [0, 0.1) is 6.92 Å². The minimum absolute atomic E-state index is 0.154. The third-order valence-corrected chi connectivity index (χ3v) is 5.97. The lowest BCUT2D eigenvalue weighted by molar-refractivity contribution is 0.406. The van der Waals surface area contributed by atoms with E-state index in [2.05, 4.69) is 10.3 Å². The number of methoxy groups -OCH3 is 2. The van der Waals surface area contributed by atoms with Crippen LogP contribution in [0.4, 0.5) is 5.69 Å². The van der Waals surface area contributed by atoms with Crippen LogP contribution in [0.3, 0.4) is 0 Å². The van der Waals surface area contributed by atoms with Gasteiger partial charge in [-0.05, 0) is 72.6 Å². The van der Waals surface area contributed by atoms with Gasteiger partial charge in [-0.3, -0.25) is 4.79 Å². The predicted octanol–water partition coefficient (Wildman–Crippen LogP) is 5.25. The number of aromatic nitrogens is 1. The third kappa shape index (κ3) is 5.55. The van der Waals surface area contributed by atoms with Gasteiger partial charge in [0, 0.05) is 23.9 Å². The third-order valence-electron chi connectivity index (χ3n) is 5.61. The molecule has 0 spiro atoms. The molecule has 0 unspecified atom stereocenters. The van der Waals surface area contributed by atoms with Gasteiger partial charge in [0.25, 0.3) is 5.56 Å². The van der Waals surface area contributed by atoms with E-state index in [-0.39, 0.29) is 5.56 Å². The molecule has 3 aromatic carbocycles. The summed E-state index contributed by atoms with van der Waals surface area (Å²) in [5, 5.41) is 4.77. The van der Waals surface area contributed by atoms with Crippen molar-refractivity contribution >= 4 is 33.9 Å². The number of fused-ring (bicyclic) bond motifs is 1. The Bertz CT molecular complexity index is 1350. The number of thiocarbonyl (C=S) groups is 1. The Labute approximate surface area is 204 Å². The van der Waals surface area contributed by atoms with E-state index in [0.29, 0.717) is 29.5 Å². The number of nitrogens with one attached hydrogen (secondary N) is 2. The zero-order valence-corrected chi connectivity index (χ0v) is 20.2. The Balaban J connectivity index is 1.63. The molecule has 0 fully saturated rings. The molecule has 0 atom stereocenters. The van der Waals surface area contributed by atoms with Crippen molar-refractivity contribution in [3.05, 3.63) is 99.8 Å². The van der Waals surface area contributed by atoms with E-state index < -0.39 is 0 Å². The molecule has 4 aromatic rings. The maximum absolute atomic E-state index is 12.9. The van der Waals surface area contributed by atoms with Gasteiger partial charge in [0.2, 0.25) is 0 Å². The quantitative estimate of drug-likeness (QED) is 0.357. The summed E-state index contributed by atoms with van der Waals surface area (Å²) in [5.41, 5.74) is 4.32. The van der Waals surface area contributed by atoms with Crippen LogP contribution < -0.4 is 20.3 Å². The molecule has 0 aliphatic rings. The SMILES string of the molecule is COc1ccc(CN(Cc2cc3ccc(OC)cc3[nH]c2=O)C(=S)Nc2ccc(C)cc2)cc1. The average molecular weight is 474 g/mol. The van der Waals surface area contributed by atoms with Gasteiger partial charge in [-0.2, -0.15) is 0 Å². The lowest BCUT2D eigenvalue weighted by Gasteiger charge is -2.26. The number of benzene rings is 3. The monoisotopic (exact) mass is 473 g/mol. The molecule has 4 rings (SSSR count). The highest BCUT2D eigenvalue weighted by atomic mass is 32.1. The average Bonchev–Trinajstić information content (AvgIpc) is 2.85. The number of hydrogen-bond acceptors (Lipinski definition) is 4. The van der Waals surface area contributed by atoms with Gasteiger partial charge in [-0.1, -0.05) is 29.8 Å². The van der Waals surface area contributed by atoms with Crippen LogP contribution in [0.2, 0.25) is 0 Å². The normalized spacial score (nSPS) is 10.7. The van der Waals surface area contributed by atoms with Crippen molar-refractivity contribution < 1.29 is 9.47 Å². The number of hydrogen-bond donors (Lipinski definition) is 2. The summed E-state index contributed by atoms with van der Waals surface area (Å²) in [4.78, 5) is 17.9. The molecule has 1 heterocycles. The van der Waals surface area contributed by atoms with Crippen LogP contribution in [-0.2, 0) is 13.1 Å². The largest absolute Gasteiger partial charge is 0.497 e. The Morgan fingerprint density at radius 3 is 2.26 bits per heavy atom. The lowest BCUT2D eigenvalue weighted by atomic mass is 10.1. The standard InChI is InChI=1S/C27H27N3O3S/c1-18-4-9-22(10-5-18)28-27(34)30(16-19-6-11-23(32-2)12-7-19)17-21-14-20-8-13-24(33-3)15-25(20)29-26(21)31/h4-15H,16-17H2,1-3H3,(H,28,34)(H,29,31). The van der Waals surface area contributed by atoms with Crippen molar-refractivity contribution in [2.75, 3.05) is 19.5 Å². The van der Waals surface area contributed by atoms with Crippen molar-refractivity contribution in [2.45, 2.75) is 20.0 Å². The van der Waals surface area contributed by atoms with E-state index in [0.717, 1.165) is 27.9 Å². The van der Waals surface area contributed by atoms with E-state index in [1.165, 1.54) is 5.56 Å². The zero-order valence-electron chi connectivity index (χ0n) is 19.4. The number of H-pyrrole nitrogens is 1. The molecule has 34 heavy (non-hydrogen) atoms. The summed E-state index contributed by atoms with van der Waals surface area (Å²) in [7, 11) is 3.25. The first-order valence-electron chi connectivity index (χ1n) is 10.9. The van der Waals surface area contributed by atoms with Gasteiger partial charge < -0.3 is 24.7 Å². The van der Waals surface area contributed by atoms with E-state index in [1.54, 1.807) is 14.2 Å². The molecule has 0 radical (unpaired) electrons. The zero-order chi connectivity index (χ0) is 24.1. The molecule has 0 bridgehead atoms. The van der Waals surface area contributed by atoms with Crippen LogP contribution in [0.5, 0.6) is 11.5 Å². The van der Waals surface area contributed by atoms with Crippen LogP contribution in [0.15, 0.2) is 77.6 Å². The van der Waals surface area contributed by atoms with Crippen LogP contribution in [0.25, 0.3) is 10.9 Å². The van der Waals surface area contributed by atoms with Crippen LogP contribution in [-0.4, -0.2) is 29.2 Å². The smallest absolute Gasteiger partial charge is 0.253 e. The predicted molar refractivity (Wildman–Crippen MR) is 141 cm³/mol. The first-order valence-corrected chi connectivity index (χ1v) is 11.3. The second-order valence-corrected chi connectivity index (χ2v) is 8.46. The van der Waals surface area contributed by atoms with Crippen LogP contribution >= 0.6 is 12.2 Å². The molecule has 0 saturated carbocycles. The van der Waals surface area contributed by atoms with Crippen molar-refractivity contribution in [1.82, 2.24) is 9.88 Å². The maximum Gasteiger partial charge on any atom is 0.253 e. The molecule has 0 saturated heterocycles. The maximum atomic E-state index is 12.9. The van der Waals surface area contributed by atoms with Gasteiger partial charge in [0.15, 0.2) is 5.11 Å². The van der Waals surface area contributed by atoms with Crippen molar-refractivity contribution in [3.8, 4) is 11.5 Å². The number of anilines is 1. The summed E-state index contributed by atoms with van der Waals surface area (Å²) in [6.45, 7) is 2.92. The van der Waals surface area contributed by atoms with Crippen LogP contribution in [0.1, 0.15) is 16.7 Å². The lowest BCUT2D eigenvalue weighted by Crippen LogP contribution is -2.35. The highest BCUT2D eigenvalue weighted by Crippen LogP contribution is 2.20. The fraction of sp³-hybridized carbons (Fsp3) is 0.185. The van der Waals surface area contributed by atoms with Gasteiger partial charge in [-0.15, -0.1) is 0 Å². The molecule has 6 nitrogen and oxygen atoms in total. The first-order chi connectivity index (χ1) is 16.4. The van der Waals surface area contributed by atoms with E-state index >= 15 is 0 Å². The molecule has 0 aliphatic heterocycles. The minimum Gasteiger partial charge on any atom is -0.497 e. The number of pyridine rings is 1. The Kier molecular flexibility index (Phi) is 7.13. The fourth-order valence-corrected chi connectivity index (χ4v) is 3.91. The molecule has 7 heteroatoms. The van der Waals surface area contributed by atoms with Gasteiger partial charge in [0.1, 0.15) is 11.5 Å². The number of nitrogens with zero attached hydrogens (tertiary/aromatic N) is 1. The Hall–Kier alpha value is -3.84. The van der Waals surface area contributed by atoms with E-state index in [1.807, 2.05) is 84.6 Å². The Morgan fingerprint density at radius 1 is 0.912 bits per heavy atom. The Morgan fingerprint density at radius 2 is 1.59 bits per heavy atom. The first kappa shape index (κ1) is 23.3. The molecule has 0 amide bonds. The summed E-state index contributed by atoms with van der Waals surface area (Å²) in [5.74, 6) is 1.48. The highest BCUT2D eigenvalue weighted by molar-refractivity contribution is 7.80. The number of aromatic amines is 1. The second kappa shape index (κ2) is 10.4. The number of aryl methyl sites for hydroxylation is 1. The topological polar surface area (TPSA) is 66.6 Å². The van der Waals surface area contributed by atoms with E-state index in [9.17, 15) is 4.79 Å². The summed E-state index contributed by atoms with van der Waals surface area (Å²) in [6, 6.07) is 23.4. The number of rotatable bonds is 7. The fourth-order valence-electron chi connectivity index (χ4n) is 3.67. The second-order valence-electron chi connectivity index (χ2n) is 8.08. The molecular weight excluding hydrogens is 446 g/mol. The number of ether oxygens (including phenoxy) is 2. The van der Waals surface area contributed by atoms with Crippen molar-refractivity contribution in [3.63, 3.8) is 0 Å². The highest BCUT2D eigenvalue weighted by Gasteiger charge is 2.15. The minimum atomic E-state index is -0.154. The molecule has 2 N–H and O–H groups in total. The van der Waals surface area contributed by atoms with Gasteiger partial charge in [-0.25, -0.2) is 0 Å².